The smallest absolute Gasteiger partial charge is 0.305 e. The van der Waals surface area contributed by atoms with Crippen molar-refractivity contribution >= 4 is 11.9 Å². The molecule has 0 spiro atoms. The second kappa shape index (κ2) is 8.37. The van der Waals surface area contributed by atoms with E-state index in [0.29, 0.717) is 11.3 Å². The molecule has 138 valence electrons. The molecule has 1 aromatic heterocycles. The maximum atomic E-state index is 13.4. The lowest BCUT2D eigenvalue weighted by molar-refractivity contribution is -0.137. The van der Waals surface area contributed by atoms with Gasteiger partial charge in [-0.1, -0.05) is 6.07 Å². The van der Waals surface area contributed by atoms with Crippen molar-refractivity contribution < 1.29 is 28.2 Å². The van der Waals surface area contributed by atoms with Gasteiger partial charge >= 0.3 is 5.97 Å². The maximum absolute atomic E-state index is 13.4. The molecule has 2 aromatic rings. The van der Waals surface area contributed by atoms with Crippen molar-refractivity contribution in [2.45, 2.75) is 19.9 Å². The van der Waals surface area contributed by atoms with Crippen LogP contribution in [-0.2, 0) is 11.3 Å². The number of rotatable bonds is 7. The Morgan fingerprint density at radius 3 is 2.54 bits per heavy atom. The molecule has 0 saturated carbocycles. The van der Waals surface area contributed by atoms with Crippen LogP contribution in [0.5, 0.6) is 5.88 Å². The summed E-state index contributed by atoms with van der Waals surface area (Å²) in [5.74, 6) is -3.52. The number of carboxylic acid groups (broad SMARTS) is 1. The van der Waals surface area contributed by atoms with Gasteiger partial charge in [0.05, 0.1) is 13.5 Å². The summed E-state index contributed by atoms with van der Waals surface area (Å²) in [5.41, 5.74) is 1.14. The minimum Gasteiger partial charge on any atom is -0.481 e. The monoisotopic (exact) mass is 364 g/mol. The Labute approximate surface area is 149 Å². The van der Waals surface area contributed by atoms with Gasteiger partial charge in [0.25, 0.3) is 5.91 Å². The minimum absolute atomic E-state index is 0.0830. The van der Waals surface area contributed by atoms with Crippen molar-refractivity contribution in [2.24, 2.45) is 0 Å². The standard InChI is InChI=1S/C18H18F2N2O4/c1-11-3-5-13(17(21-11)26-2)18(25)22(8-7-16(23)24)10-12-4-6-14(19)15(20)9-12/h3-6,9H,7-8,10H2,1-2H3,(H,23,24). The summed E-state index contributed by atoms with van der Waals surface area (Å²) >= 11 is 0. The SMILES string of the molecule is COc1nc(C)ccc1C(=O)N(CCC(=O)O)Cc1ccc(F)c(F)c1. The molecule has 0 bridgehead atoms. The van der Waals surface area contributed by atoms with Crippen LogP contribution < -0.4 is 4.74 Å². The van der Waals surface area contributed by atoms with Gasteiger partial charge in [-0.25, -0.2) is 13.8 Å². The third kappa shape index (κ3) is 4.75. The van der Waals surface area contributed by atoms with E-state index in [4.69, 9.17) is 9.84 Å². The second-order valence-corrected chi connectivity index (χ2v) is 5.63. The highest BCUT2D eigenvalue weighted by Gasteiger charge is 2.22. The number of aromatic nitrogens is 1. The van der Waals surface area contributed by atoms with Gasteiger partial charge < -0.3 is 14.7 Å². The lowest BCUT2D eigenvalue weighted by Crippen LogP contribution is -2.33. The highest BCUT2D eigenvalue weighted by atomic mass is 19.2. The number of amides is 1. The van der Waals surface area contributed by atoms with Crippen LogP contribution in [0.15, 0.2) is 30.3 Å². The van der Waals surface area contributed by atoms with Crippen LogP contribution >= 0.6 is 0 Å². The molecule has 8 heteroatoms. The van der Waals surface area contributed by atoms with E-state index < -0.39 is 23.5 Å². The Kier molecular flexibility index (Phi) is 6.21. The molecule has 0 unspecified atom stereocenters. The number of benzene rings is 1. The van der Waals surface area contributed by atoms with E-state index in [1.165, 1.54) is 24.1 Å². The number of nitrogens with zero attached hydrogens (tertiary/aromatic N) is 2. The van der Waals surface area contributed by atoms with Crippen molar-refractivity contribution in [3.05, 3.63) is 58.8 Å². The number of pyridine rings is 1. The first-order chi connectivity index (χ1) is 12.3. The molecule has 1 aromatic carbocycles. The molecule has 26 heavy (non-hydrogen) atoms. The Morgan fingerprint density at radius 1 is 1.19 bits per heavy atom. The summed E-state index contributed by atoms with van der Waals surface area (Å²) in [6.45, 7) is 1.55. The fourth-order valence-electron chi connectivity index (χ4n) is 2.36. The number of aryl methyl sites for hydroxylation is 1. The van der Waals surface area contributed by atoms with E-state index >= 15 is 0 Å². The quantitative estimate of drug-likeness (QED) is 0.817. The number of carbonyl (C=O) groups is 2. The van der Waals surface area contributed by atoms with Crippen molar-refractivity contribution in [2.75, 3.05) is 13.7 Å². The number of ether oxygens (including phenoxy) is 1. The first-order valence-electron chi connectivity index (χ1n) is 7.78. The van der Waals surface area contributed by atoms with Crippen molar-refractivity contribution in [1.29, 1.82) is 0 Å². The molecule has 0 atom stereocenters. The Morgan fingerprint density at radius 2 is 1.92 bits per heavy atom. The van der Waals surface area contributed by atoms with Crippen molar-refractivity contribution in [3.63, 3.8) is 0 Å². The first kappa shape index (κ1) is 19.3. The van der Waals surface area contributed by atoms with Crippen LogP contribution in [-0.4, -0.2) is 40.5 Å². The Bertz CT molecular complexity index is 827. The lowest BCUT2D eigenvalue weighted by atomic mass is 10.1. The zero-order chi connectivity index (χ0) is 19.3. The largest absolute Gasteiger partial charge is 0.481 e. The van der Waals surface area contributed by atoms with Crippen molar-refractivity contribution in [1.82, 2.24) is 9.88 Å². The number of methoxy groups -OCH3 is 1. The van der Waals surface area contributed by atoms with Gasteiger partial charge in [0, 0.05) is 18.8 Å². The Balaban J connectivity index is 2.32. The van der Waals surface area contributed by atoms with Gasteiger partial charge in [0.1, 0.15) is 5.56 Å². The summed E-state index contributed by atoms with van der Waals surface area (Å²) in [5, 5.41) is 8.91. The van der Waals surface area contributed by atoms with E-state index in [-0.39, 0.29) is 31.0 Å². The molecule has 0 radical (unpaired) electrons. The number of aliphatic carboxylic acids is 1. The normalized spacial score (nSPS) is 10.5. The molecule has 0 aliphatic rings. The molecule has 0 aliphatic heterocycles. The second-order valence-electron chi connectivity index (χ2n) is 5.63. The van der Waals surface area contributed by atoms with Crippen LogP contribution in [0.3, 0.4) is 0 Å². The van der Waals surface area contributed by atoms with Crippen LogP contribution in [0.25, 0.3) is 0 Å². The summed E-state index contributed by atoms with van der Waals surface area (Å²) in [6, 6.07) is 6.43. The molecular formula is C18H18F2N2O4. The van der Waals surface area contributed by atoms with E-state index in [0.717, 1.165) is 12.1 Å². The van der Waals surface area contributed by atoms with Crippen LogP contribution in [0.4, 0.5) is 8.78 Å². The molecule has 1 N–H and O–H groups in total. The number of carbonyl (C=O) groups excluding carboxylic acids is 1. The topological polar surface area (TPSA) is 79.7 Å². The number of hydrogen-bond donors (Lipinski definition) is 1. The molecule has 2 rings (SSSR count). The van der Waals surface area contributed by atoms with E-state index in [1.807, 2.05) is 0 Å². The van der Waals surface area contributed by atoms with Gasteiger partial charge in [-0.2, -0.15) is 0 Å². The van der Waals surface area contributed by atoms with Gasteiger partial charge in [-0.15, -0.1) is 0 Å². The first-order valence-corrected chi connectivity index (χ1v) is 7.78. The maximum Gasteiger partial charge on any atom is 0.305 e. The van der Waals surface area contributed by atoms with Crippen LogP contribution in [0.2, 0.25) is 0 Å². The molecule has 0 aliphatic carbocycles. The minimum atomic E-state index is -1.08. The van der Waals surface area contributed by atoms with Gasteiger partial charge in [-0.05, 0) is 36.8 Å². The predicted octanol–water partition coefficient (Wildman–Crippen LogP) is 2.79. The molecular weight excluding hydrogens is 346 g/mol. The lowest BCUT2D eigenvalue weighted by Gasteiger charge is -2.23. The van der Waals surface area contributed by atoms with E-state index in [9.17, 15) is 18.4 Å². The highest BCUT2D eigenvalue weighted by Crippen LogP contribution is 2.20. The Hall–Kier alpha value is -3.03. The summed E-state index contributed by atoms with van der Waals surface area (Å²) in [6.07, 6.45) is -0.295. The average molecular weight is 364 g/mol. The van der Waals surface area contributed by atoms with Gasteiger partial charge in [0.2, 0.25) is 5.88 Å². The molecule has 0 fully saturated rings. The number of halogens is 2. The van der Waals surface area contributed by atoms with Gasteiger partial charge in [0.15, 0.2) is 11.6 Å². The summed E-state index contributed by atoms with van der Waals surface area (Å²) in [7, 11) is 1.37. The fourth-order valence-corrected chi connectivity index (χ4v) is 2.36. The van der Waals surface area contributed by atoms with E-state index in [1.54, 1.807) is 13.0 Å². The van der Waals surface area contributed by atoms with Crippen molar-refractivity contribution in [3.8, 4) is 5.88 Å². The predicted molar refractivity (Wildman–Crippen MR) is 88.9 cm³/mol. The molecule has 0 saturated heterocycles. The number of carboxylic acids is 1. The molecule has 1 heterocycles. The molecule has 6 nitrogen and oxygen atoms in total. The van der Waals surface area contributed by atoms with Crippen LogP contribution in [0.1, 0.15) is 28.0 Å². The zero-order valence-corrected chi connectivity index (χ0v) is 14.3. The third-order valence-corrected chi connectivity index (χ3v) is 3.66. The highest BCUT2D eigenvalue weighted by molar-refractivity contribution is 5.96. The average Bonchev–Trinajstić information content (AvgIpc) is 2.60. The summed E-state index contributed by atoms with van der Waals surface area (Å²) < 4.78 is 31.6. The number of hydrogen-bond acceptors (Lipinski definition) is 4. The molecule has 1 amide bonds. The zero-order valence-electron chi connectivity index (χ0n) is 14.3. The summed E-state index contributed by atoms with van der Waals surface area (Å²) in [4.78, 5) is 29.1. The van der Waals surface area contributed by atoms with Gasteiger partial charge in [-0.3, -0.25) is 9.59 Å². The third-order valence-electron chi connectivity index (χ3n) is 3.66. The fraction of sp³-hybridized carbons (Fsp3) is 0.278. The van der Waals surface area contributed by atoms with Crippen LogP contribution in [0, 0.1) is 18.6 Å². The van der Waals surface area contributed by atoms with E-state index in [2.05, 4.69) is 4.98 Å².